The molecule has 0 radical (unpaired) electrons. The highest BCUT2D eigenvalue weighted by Crippen LogP contribution is 2.40. The van der Waals surface area contributed by atoms with Crippen molar-refractivity contribution in [2.45, 2.75) is 18.4 Å². The van der Waals surface area contributed by atoms with Crippen LogP contribution in [0.2, 0.25) is 0 Å². The van der Waals surface area contributed by atoms with Gasteiger partial charge >= 0.3 is 5.97 Å². The van der Waals surface area contributed by atoms with Crippen molar-refractivity contribution >= 4 is 21.9 Å². The smallest absolute Gasteiger partial charge is 0.340 e. The highest BCUT2D eigenvalue weighted by atomic mass is 79.9. The molecule has 1 atom stereocenters. The number of rotatable bonds is 1. The summed E-state index contributed by atoms with van der Waals surface area (Å²) in [5.41, 5.74) is -0.282. The zero-order valence-corrected chi connectivity index (χ0v) is 8.91. The van der Waals surface area contributed by atoms with Crippen LogP contribution < -0.4 is 0 Å². The SMILES string of the molecule is O=C(O)C1(O)CCc2c(Br)cccc21. The third-order valence-corrected chi connectivity index (χ3v) is 3.40. The van der Waals surface area contributed by atoms with Crippen LogP contribution in [0.25, 0.3) is 0 Å². The summed E-state index contributed by atoms with van der Waals surface area (Å²) in [6, 6.07) is 5.26. The average molecular weight is 257 g/mol. The van der Waals surface area contributed by atoms with Crippen molar-refractivity contribution in [3.63, 3.8) is 0 Å². The second kappa shape index (κ2) is 3.07. The number of carboxylic acid groups (broad SMARTS) is 1. The minimum absolute atomic E-state index is 0.250. The first-order valence-electron chi connectivity index (χ1n) is 4.29. The van der Waals surface area contributed by atoms with Crippen LogP contribution >= 0.6 is 15.9 Å². The third kappa shape index (κ3) is 1.18. The Morgan fingerprint density at radius 1 is 1.50 bits per heavy atom. The molecular weight excluding hydrogens is 248 g/mol. The van der Waals surface area contributed by atoms with E-state index in [0.717, 1.165) is 10.0 Å². The lowest BCUT2D eigenvalue weighted by Gasteiger charge is -2.17. The first-order valence-corrected chi connectivity index (χ1v) is 5.08. The Bertz CT molecular complexity index is 402. The molecule has 0 spiro atoms. The highest BCUT2D eigenvalue weighted by Gasteiger charge is 2.44. The highest BCUT2D eigenvalue weighted by molar-refractivity contribution is 9.10. The summed E-state index contributed by atoms with van der Waals surface area (Å²) in [5.74, 6) is -1.17. The van der Waals surface area contributed by atoms with Gasteiger partial charge < -0.3 is 10.2 Å². The van der Waals surface area contributed by atoms with Gasteiger partial charge in [0.1, 0.15) is 0 Å². The largest absolute Gasteiger partial charge is 0.479 e. The molecule has 4 heteroatoms. The first kappa shape index (κ1) is 9.68. The van der Waals surface area contributed by atoms with Crippen molar-refractivity contribution in [1.29, 1.82) is 0 Å². The Morgan fingerprint density at radius 2 is 2.21 bits per heavy atom. The summed E-state index contributed by atoms with van der Waals surface area (Å²) in [4.78, 5) is 10.9. The number of benzene rings is 1. The van der Waals surface area contributed by atoms with Gasteiger partial charge in [-0.15, -0.1) is 0 Å². The number of aliphatic hydroxyl groups is 1. The summed E-state index contributed by atoms with van der Waals surface area (Å²) in [5, 5.41) is 18.9. The monoisotopic (exact) mass is 256 g/mol. The molecule has 0 heterocycles. The van der Waals surface area contributed by atoms with Gasteiger partial charge in [0.15, 0.2) is 5.60 Å². The lowest BCUT2D eigenvalue weighted by Crippen LogP contribution is -2.32. The quantitative estimate of drug-likeness (QED) is 0.804. The van der Waals surface area contributed by atoms with E-state index < -0.39 is 11.6 Å². The van der Waals surface area contributed by atoms with Gasteiger partial charge in [-0.2, -0.15) is 0 Å². The average Bonchev–Trinajstić information content (AvgIpc) is 2.47. The third-order valence-electron chi connectivity index (χ3n) is 2.66. The molecule has 3 nitrogen and oxygen atoms in total. The molecule has 0 saturated heterocycles. The van der Waals surface area contributed by atoms with Gasteiger partial charge in [-0.05, 0) is 30.0 Å². The van der Waals surface area contributed by atoms with E-state index in [1.807, 2.05) is 6.07 Å². The number of halogens is 1. The van der Waals surface area contributed by atoms with Crippen molar-refractivity contribution in [3.8, 4) is 0 Å². The lowest BCUT2D eigenvalue weighted by atomic mass is 9.96. The predicted octanol–water partition coefficient (Wildman–Crippen LogP) is 1.67. The maximum absolute atomic E-state index is 10.9. The topological polar surface area (TPSA) is 57.5 Å². The number of aliphatic carboxylic acids is 1. The van der Waals surface area contributed by atoms with Gasteiger partial charge in [-0.25, -0.2) is 4.79 Å². The Hall–Kier alpha value is -0.870. The van der Waals surface area contributed by atoms with E-state index in [2.05, 4.69) is 15.9 Å². The van der Waals surface area contributed by atoms with Gasteiger partial charge in [0.2, 0.25) is 0 Å². The molecule has 1 aromatic carbocycles. The maximum atomic E-state index is 10.9. The Labute approximate surface area is 89.5 Å². The van der Waals surface area contributed by atoms with E-state index in [0.29, 0.717) is 12.0 Å². The summed E-state index contributed by atoms with van der Waals surface area (Å²) in [6.45, 7) is 0. The van der Waals surface area contributed by atoms with Crippen LogP contribution in [-0.2, 0) is 16.8 Å². The second-order valence-electron chi connectivity index (χ2n) is 3.43. The molecule has 14 heavy (non-hydrogen) atoms. The van der Waals surface area contributed by atoms with Crippen LogP contribution in [0.4, 0.5) is 0 Å². The summed E-state index contributed by atoms with van der Waals surface area (Å²) in [6.07, 6.45) is 0.847. The molecule has 0 aliphatic heterocycles. The van der Waals surface area contributed by atoms with Gasteiger partial charge in [0.05, 0.1) is 0 Å². The van der Waals surface area contributed by atoms with Crippen LogP contribution in [0.5, 0.6) is 0 Å². The van der Waals surface area contributed by atoms with Crippen molar-refractivity contribution in [2.75, 3.05) is 0 Å². The van der Waals surface area contributed by atoms with E-state index in [9.17, 15) is 9.90 Å². The molecule has 1 unspecified atom stereocenters. The van der Waals surface area contributed by atoms with E-state index in [-0.39, 0.29) is 6.42 Å². The molecule has 1 aliphatic rings. The lowest BCUT2D eigenvalue weighted by molar-refractivity contribution is -0.159. The molecule has 74 valence electrons. The van der Waals surface area contributed by atoms with E-state index in [1.54, 1.807) is 12.1 Å². The van der Waals surface area contributed by atoms with Crippen molar-refractivity contribution < 1.29 is 15.0 Å². The van der Waals surface area contributed by atoms with E-state index >= 15 is 0 Å². The standard InChI is InChI=1S/C10H9BrO3/c11-8-3-1-2-7-6(8)4-5-10(7,14)9(12)13/h1-3,14H,4-5H2,(H,12,13). The number of hydrogen-bond donors (Lipinski definition) is 2. The molecular formula is C10H9BrO3. The van der Waals surface area contributed by atoms with Crippen LogP contribution in [0.1, 0.15) is 17.5 Å². The Morgan fingerprint density at radius 3 is 2.86 bits per heavy atom. The molecule has 1 aliphatic carbocycles. The zero-order valence-electron chi connectivity index (χ0n) is 7.33. The molecule has 0 fully saturated rings. The first-order chi connectivity index (χ1) is 6.55. The molecule has 0 saturated carbocycles. The second-order valence-corrected chi connectivity index (χ2v) is 4.29. The summed E-state index contributed by atoms with van der Waals surface area (Å²) >= 11 is 3.34. The van der Waals surface area contributed by atoms with Gasteiger partial charge in [0, 0.05) is 4.47 Å². The molecule has 2 N–H and O–H groups in total. The van der Waals surface area contributed by atoms with Crippen LogP contribution in [-0.4, -0.2) is 16.2 Å². The maximum Gasteiger partial charge on any atom is 0.340 e. The molecule has 0 bridgehead atoms. The predicted molar refractivity (Wildman–Crippen MR) is 54.0 cm³/mol. The van der Waals surface area contributed by atoms with E-state index in [4.69, 9.17) is 5.11 Å². The Balaban J connectivity index is 2.60. The molecule has 0 amide bonds. The number of carbonyl (C=O) groups is 1. The normalized spacial score (nSPS) is 24.7. The van der Waals surface area contributed by atoms with Crippen molar-refractivity contribution in [1.82, 2.24) is 0 Å². The zero-order chi connectivity index (χ0) is 10.3. The number of carboxylic acids is 1. The number of hydrogen-bond acceptors (Lipinski definition) is 2. The fraction of sp³-hybridized carbons (Fsp3) is 0.300. The van der Waals surface area contributed by atoms with Gasteiger partial charge in [-0.3, -0.25) is 0 Å². The van der Waals surface area contributed by atoms with Gasteiger partial charge in [0.25, 0.3) is 0 Å². The van der Waals surface area contributed by atoms with Crippen LogP contribution in [0.3, 0.4) is 0 Å². The minimum Gasteiger partial charge on any atom is -0.479 e. The van der Waals surface area contributed by atoms with Crippen LogP contribution in [0.15, 0.2) is 22.7 Å². The molecule has 2 rings (SSSR count). The van der Waals surface area contributed by atoms with E-state index in [1.165, 1.54) is 0 Å². The fourth-order valence-corrected chi connectivity index (χ4v) is 2.43. The molecule has 0 aromatic heterocycles. The van der Waals surface area contributed by atoms with Crippen LogP contribution in [0, 0.1) is 0 Å². The Kier molecular flexibility index (Phi) is 2.12. The van der Waals surface area contributed by atoms with Crippen molar-refractivity contribution in [3.05, 3.63) is 33.8 Å². The fourth-order valence-electron chi connectivity index (χ4n) is 1.86. The summed E-state index contributed by atoms with van der Waals surface area (Å²) < 4.78 is 0.868. The van der Waals surface area contributed by atoms with Crippen molar-refractivity contribution in [2.24, 2.45) is 0 Å². The minimum atomic E-state index is -1.70. The summed E-state index contributed by atoms with van der Waals surface area (Å²) in [7, 11) is 0. The number of fused-ring (bicyclic) bond motifs is 1. The molecule has 1 aromatic rings. The van der Waals surface area contributed by atoms with Gasteiger partial charge in [-0.1, -0.05) is 28.1 Å².